The van der Waals surface area contributed by atoms with Gasteiger partial charge in [0, 0.05) is 6.54 Å². The average Bonchev–Trinajstić information content (AvgIpc) is 3.61. The van der Waals surface area contributed by atoms with E-state index in [1.54, 1.807) is 41.5 Å². The number of carbonyl (C=O) groups is 6. The van der Waals surface area contributed by atoms with Crippen LogP contribution in [0.4, 0.5) is 4.79 Å². The van der Waals surface area contributed by atoms with Crippen LogP contribution >= 0.6 is 0 Å². The molecule has 38 heavy (non-hydrogen) atoms. The third kappa shape index (κ3) is 11.3. The Hall–Kier alpha value is -3.42. The van der Waals surface area contributed by atoms with E-state index in [4.69, 9.17) is 14.2 Å². The van der Waals surface area contributed by atoms with Gasteiger partial charge in [-0.2, -0.15) is 0 Å². The maximum atomic E-state index is 13.0. The molecular formula is C24H40N4O10. The summed E-state index contributed by atoms with van der Waals surface area (Å²) in [5.41, 5.74) is -0.804. The lowest BCUT2D eigenvalue weighted by Crippen LogP contribution is -2.59. The number of alkyl carbamates (subject to hydrolysis) is 1. The molecule has 0 radical (unpaired) electrons. The number of esters is 1. The van der Waals surface area contributed by atoms with Crippen molar-refractivity contribution in [3.63, 3.8) is 0 Å². The quantitative estimate of drug-likeness (QED) is 0.138. The zero-order valence-electron chi connectivity index (χ0n) is 22.8. The van der Waals surface area contributed by atoms with E-state index in [9.17, 15) is 33.9 Å². The molecule has 1 fully saturated rings. The summed E-state index contributed by atoms with van der Waals surface area (Å²) in [5, 5.41) is 19.1. The van der Waals surface area contributed by atoms with Crippen molar-refractivity contribution in [3.8, 4) is 0 Å². The van der Waals surface area contributed by atoms with Gasteiger partial charge in [-0.25, -0.2) is 14.4 Å². The largest absolute Gasteiger partial charge is 0.480 e. The molecule has 0 aliphatic carbocycles. The van der Waals surface area contributed by atoms with Gasteiger partial charge in [-0.15, -0.1) is 0 Å². The second-order valence-electron chi connectivity index (χ2n) is 9.71. The number of amides is 4. The number of carbonyl (C=O) groups excluding carboxylic acids is 5. The van der Waals surface area contributed by atoms with Crippen molar-refractivity contribution in [2.24, 2.45) is 0 Å². The van der Waals surface area contributed by atoms with Gasteiger partial charge in [0.1, 0.15) is 23.7 Å². The first-order chi connectivity index (χ1) is 17.7. The fourth-order valence-electron chi connectivity index (χ4n) is 3.33. The Kier molecular flexibility index (Phi) is 13.0. The summed E-state index contributed by atoms with van der Waals surface area (Å²) in [7, 11) is 0. The maximum absolute atomic E-state index is 13.0. The topological polar surface area (TPSA) is 202 Å². The van der Waals surface area contributed by atoms with Crippen LogP contribution in [0.25, 0.3) is 0 Å². The van der Waals surface area contributed by atoms with Gasteiger partial charge < -0.3 is 40.6 Å². The van der Waals surface area contributed by atoms with Gasteiger partial charge >= 0.3 is 18.0 Å². The molecule has 0 unspecified atom stereocenters. The van der Waals surface area contributed by atoms with Gasteiger partial charge in [0.15, 0.2) is 12.2 Å². The van der Waals surface area contributed by atoms with E-state index in [2.05, 4.69) is 21.3 Å². The lowest BCUT2D eigenvalue weighted by molar-refractivity contribution is -0.144. The summed E-state index contributed by atoms with van der Waals surface area (Å²) in [5.74, 6) is -4.26. The minimum Gasteiger partial charge on any atom is -0.480 e. The highest BCUT2D eigenvalue weighted by Gasteiger charge is 2.51. The first-order valence-corrected chi connectivity index (χ1v) is 12.7. The number of aliphatic carboxylic acids is 1. The molecule has 0 aromatic rings. The van der Waals surface area contributed by atoms with E-state index in [0.717, 1.165) is 0 Å². The van der Waals surface area contributed by atoms with Crippen LogP contribution in [-0.2, 0) is 38.2 Å². The molecule has 5 N–H and O–H groups in total. The Labute approximate surface area is 221 Å². The molecule has 5 atom stereocenters. The van der Waals surface area contributed by atoms with Crippen molar-refractivity contribution in [3.05, 3.63) is 0 Å². The predicted molar refractivity (Wildman–Crippen MR) is 133 cm³/mol. The zero-order valence-corrected chi connectivity index (χ0v) is 22.8. The minimum absolute atomic E-state index is 0.111. The lowest BCUT2D eigenvalue weighted by atomic mass is 10.1. The van der Waals surface area contributed by atoms with E-state index in [-0.39, 0.29) is 19.4 Å². The van der Waals surface area contributed by atoms with E-state index >= 15 is 0 Å². The van der Waals surface area contributed by atoms with E-state index in [0.29, 0.717) is 12.8 Å². The molecule has 14 heteroatoms. The standard InChI is InChI=1S/C24H40N4O10/c1-7-10-13(28-23(35)38-24(4,5)6)18(29)27-15(19(30)26-14(11-8-2)21(32)33)12-25-20(31)16-17(37-16)22(34)36-9-3/h13-17H,7-12H2,1-6H3,(H,25,31)(H,26,30)(H,27,29)(H,28,35)(H,32,33)/t13-,14-,15-,16+,17+/m0/s1. The molecule has 4 amide bonds. The predicted octanol–water partition coefficient (Wildman–Crippen LogP) is -0.0192. The van der Waals surface area contributed by atoms with Gasteiger partial charge in [-0.3, -0.25) is 14.4 Å². The van der Waals surface area contributed by atoms with Crippen LogP contribution in [0.15, 0.2) is 0 Å². The highest BCUT2D eigenvalue weighted by atomic mass is 16.6. The number of hydrogen-bond acceptors (Lipinski definition) is 9. The molecule has 0 aromatic carbocycles. The highest BCUT2D eigenvalue weighted by Crippen LogP contribution is 2.23. The van der Waals surface area contributed by atoms with E-state index < -0.39 is 78.2 Å². The highest BCUT2D eigenvalue weighted by molar-refractivity contribution is 5.95. The summed E-state index contributed by atoms with van der Waals surface area (Å²) < 4.78 is 15.0. The van der Waals surface area contributed by atoms with Crippen LogP contribution in [0.3, 0.4) is 0 Å². The molecule has 1 aliphatic heterocycles. The van der Waals surface area contributed by atoms with Crippen molar-refractivity contribution in [2.75, 3.05) is 13.2 Å². The van der Waals surface area contributed by atoms with Crippen molar-refractivity contribution >= 4 is 35.8 Å². The third-order valence-corrected chi connectivity index (χ3v) is 5.16. The molecule has 14 nitrogen and oxygen atoms in total. The SMILES string of the molecule is CCC[C@H](NC(=O)[C@H](CNC(=O)[C@@H]1O[C@H]1C(=O)OCC)NC(=O)[C@H](CCC)NC(=O)OC(C)(C)C)C(=O)O. The average molecular weight is 545 g/mol. The summed E-state index contributed by atoms with van der Waals surface area (Å²) in [6.45, 7) is 9.80. The van der Waals surface area contributed by atoms with Crippen LogP contribution < -0.4 is 21.3 Å². The normalized spacial score (nSPS) is 18.7. The second kappa shape index (κ2) is 15.1. The minimum atomic E-state index is -1.40. The molecule has 1 aliphatic rings. The van der Waals surface area contributed by atoms with Crippen LogP contribution in [-0.4, -0.2) is 89.9 Å². The number of rotatable bonds is 15. The lowest BCUT2D eigenvalue weighted by Gasteiger charge is -2.26. The number of carboxylic acids is 1. The Morgan fingerprint density at radius 2 is 1.39 bits per heavy atom. The van der Waals surface area contributed by atoms with Gasteiger partial charge in [0.2, 0.25) is 11.8 Å². The first-order valence-electron chi connectivity index (χ1n) is 12.7. The number of epoxide rings is 1. The number of nitrogens with one attached hydrogen (secondary N) is 4. The summed E-state index contributed by atoms with van der Waals surface area (Å²) in [6, 6.07) is -3.68. The Bertz CT molecular complexity index is 873. The molecule has 1 heterocycles. The van der Waals surface area contributed by atoms with Gasteiger partial charge in [0.25, 0.3) is 5.91 Å². The second-order valence-corrected chi connectivity index (χ2v) is 9.71. The number of hydrogen-bond donors (Lipinski definition) is 5. The Balaban J connectivity index is 2.97. The smallest absolute Gasteiger partial charge is 0.408 e. The fraction of sp³-hybridized carbons (Fsp3) is 0.750. The molecular weight excluding hydrogens is 504 g/mol. The summed E-state index contributed by atoms with van der Waals surface area (Å²) in [4.78, 5) is 73.9. The van der Waals surface area contributed by atoms with Crippen molar-refractivity contribution in [1.82, 2.24) is 21.3 Å². The van der Waals surface area contributed by atoms with Gasteiger partial charge in [0.05, 0.1) is 6.61 Å². The number of carboxylic acid groups (broad SMARTS) is 1. The maximum Gasteiger partial charge on any atom is 0.408 e. The van der Waals surface area contributed by atoms with Gasteiger partial charge in [-0.05, 0) is 40.5 Å². The molecule has 0 saturated carbocycles. The Morgan fingerprint density at radius 3 is 1.92 bits per heavy atom. The first kappa shape index (κ1) is 32.6. The van der Waals surface area contributed by atoms with Crippen LogP contribution in [0.5, 0.6) is 0 Å². The number of ether oxygens (including phenoxy) is 3. The van der Waals surface area contributed by atoms with Crippen molar-refractivity contribution < 1.29 is 48.1 Å². The zero-order chi connectivity index (χ0) is 29.0. The van der Waals surface area contributed by atoms with Crippen LogP contribution in [0.2, 0.25) is 0 Å². The third-order valence-electron chi connectivity index (χ3n) is 5.16. The molecule has 0 bridgehead atoms. The molecule has 1 rings (SSSR count). The van der Waals surface area contributed by atoms with Crippen molar-refractivity contribution in [2.45, 2.75) is 103 Å². The van der Waals surface area contributed by atoms with Crippen molar-refractivity contribution in [1.29, 1.82) is 0 Å². The monoisotopic (exact) mass is 544 g/mol. The molecule has 0 aromatic heterocycles. The molecule has 1 saturated heterocycles. The summed E-state index contributed by atoms with van der Waals surface area (Å²) in [6.07, 6.45) is -1.66. The van der Waals surface area contributed by atoms with E-state index in [1.807, 2.05) is 0 Å². The molecule has 216 valence electrons. The summed E-state index contributed by atoms with van der Waals surface area (Å²) >= 11 is 0. The molecule has 0 spiro atoms. The van der Waals surface area contributed by atoms with Crippen LogP contribution in [0.1, 0.15) is 67.2 Å². The fourth-order valence-corrected chi connectivity index (χ4v) is 3.33. The van der Waals surface area contributed by atoms with Crippen LogP contribution in [0, 0.1) is 0 Å². The van der Waals surface area contributed by atoms with E-state index in [1.165, 1.54) is 0 Å². The Morgan fingerprint density at radius 1 is 0.842 bits per heavy atom. The van der Waals surface area contributed by atoms with Gasteiger partial charge in [-0.1, -0.05) is 26.7 Å².